The number of hydrogen-bond acceptors (Lipinski definition) is 6. The first-order valence-corrected chi connectivity index (χ1v) is 5.91. The molecule has 0 unspecified atom stereocenters. The van der Waals surface area contributed by atoms with E-state index in [-0.39, 0.29) is 5.91 Å². The van der Waals surface area contributed by atoms with Crippen LogP contribution in [0.15, 0.2) is 4.52 Å². The Morgan fingerprint density at radius 1 is 1.56 bits per heavy atom. The molecule has 18 heavy (non-hydrogen) atoms. The van der Waals surface area contributed by atoms with E-state index in [2.05, 4.69) is 15.5 Å². The van der Waals surface area contributed by atoms with Crippen molar-refractivity contribution < 1.29 is 9.32 Å². The summed E-state index contributed by atoms with van der Waals surface area (Å²) in [6.45, 7) is 7.04. The smallest absolute Gasteiger partial charge is 0.240 e. The third-order valence-electron chi connectivity index (χ3n) is 2.50. The van der Waals surface area contributed by atoms with E-state index in [1.54, 1.807) is 7.05 Å². The molecule has 0 aliphatic carbocycles. The molecule has 0 aromatic carbocycles. The quantitative estimate of drug-likeness (QED) is 0.732. The molecular weight excluding hydrogens is 234 g/mol. The number of nitrogens with one attached hydrogen (secondary N) is 1. The van der Waals surface area contributed by atoms with Gasteiger partial charge in [0.2, 0.25) is 11.8 Å². The van der Waals surface area contributed by atoms with Crippen molar-refractivity contribution in [1.29, 1.82) is 0 Å². The van der Waals surface area contributed by atoms with Crippen molar-refractivity contribution in [2.45, 2.75) is 32.9 Å². The summed E-state index contributed by atoms with van der Waals surface area (Å²) < 4.78 is 5.12. The van der Waals surface area contributed by atoms with E-state index in [0.717, 1.165) is 6.54 Å². The predicted molar refractivity (Wildman–Crippen MR) is 66.5 cm³/mol. The fraction of sp³-hybridized carbons (Fsp3) is 0.727. The molecule has 0 saturated heterocycles. The van der Waals surface area contributed by atoms with Gasteiger partial charge in [-0.05, 0) is 20.4 Å². The minimum Gasteiger partial charge on any atom is -0.358 e. The van der Waals surface area contributed by atoms with Crippen molar-refractivity contribution in [3.8, 4) is 0 Å². The van der Waals surface area contributed by atoms with Crippen molar-refractivity contribution in [1.82, 2.24) is 20.4 Å². The number of amides is 1. The Labute approximate surface area is 107 Å². The van der Waals surface area contributed by atoms with Crippen molar-refractivity contribution in [2.75, 3.05) is 20.1 Å². The zero-order chi connectivity index (χ0) is 13.8. The second-order valence-corrected chi connectivity index (χ2v) is 4.71. The minimum atomic E-state index is -0.625. The van der Waals surface area contributed by atoms with Crippen LogP contribution in [0.5, 0.6) is 0 Å². The van der Waals surface area contributed by atoms with E-state index >= 15 is 0 Å². The second kappa shape index (κ2) is 5.92. The Bertz CT molecular complexity index is 396. The number of nitrogens with zero attached hydrogens (tertiary/aromatic N) is 3. The average Bonchev–Trinajstić information content (AvgIpc) is 2.76. The molecule has 0 aliphatic heterocycles. The van der Waals surface area contributed by atoms with Gasteiger partial charge in [-0.2, -0.15) is 4.98 Å². The lowest BCUT2D eigenvalue weighted by Gasteiger charge is -2.16. The van der Waals surface area contributed by atoms with Crippen LogP contribution in [0.1, 0.15) is 32.5 Å². The summed E-state index contributed by atoms with van der Waals surface area (Å²) in [6, 6.07) is 0. The van der Waals surface area contributed by atoms with Crippen molar-refractivity contribution in [3.63, 3.8) is 0 Å². The molecule has 0 fully saturated rings. The number of carbonyl (C=O) groups is 1. The molecule has 1 aromatic heterocycles. The molecule has 7 nitrogen and oxygen atoms in total. The van der Waals surface area contributed by atoms with Gasteiger partial charge in [0.1, 0.15) is 0 Å². The number of nitrogens with two attached hydrogens (primary N) is 1. The maximum atomic E-state index is 11.3. The first kappa shape index (κ1) is 14.6. The highest BCUT2D eigenvalue weighted by molar-refractivity contribution is 5.77. The third-order valence-corrected chi connectivity index (χ3v) is 2.50. The molecule has 0 spiro atoms. The van der Waals surface area contributed by atoms with Crippen LogP contribution in [-0.4, -0.2) is 41.1 Å². The van der Waals surface area contributed by atoms with Crippen LogP contribution in [0.25, 0.3) is 0 Å². The van der Waals surface area contributed by atoms with E-state index in [0.29, 0.717) is 24.8 Å². The number of likely N-dealkylation sites (N-methyl/N-ethyl adjacent to an activating group) is 2. The van der Waals surface area contributed by atoms with Gasteiger partial charge >= 0.3 is 0 Å². The standard InChI is InChI=1S/C11H21N5O2/c1-5-16(6-8(17)13-4)7-9-14-10(15-18-9)11(2,3)12/h5-7,12H2,1-4H3,(H,13,17). The van der Waals surface area contributed by atoms with E-state index in [1.165, 1.54) is 0 Å². The molecular formula is C11H21N5O2. The van der Waals surface area contributed by atoms with Gasteiger partial charge in [0.05, 0.1) is 18.6 Å². The number of rotatable bonds is 6. The summed E-state index contributed by atoms with van der Waals surface area (Å²) in [5.41, 5.74) is 5.25. The Kier molecular flexibility index (Phi) is 4.80. The molecule has 0 radical (unpaired) electrons. The molecule has 0 aliphatic rings. The second-order valence-electron chi connectivity index (χ2n) is 4.71. The first-order valence-electron chi connectivity index (χ1n) is 5.91. The Morgan fingerprint density at radius 3 is 2.67 bits per heavy atom. The number of aromatic nitrogens is 2. The highest BCUT2D eigenvalue weighted by atomic mass is 16.5. The Balaban J connectivity index is 2.65. The molecule has 1 aromatic rings. The highest BCUT2D eigenvalue weighted by Gasteiger charge is 2.22. The fourth-order valence-corrected chi connectivity index (χ4v) is 1.33. The van der Waals surface area contributed by atoms with E-state index in [9.17, 15) is 4.79 Å². The summed E-state index contributed by atoms with van der Waals surface area (Å²) in [6.07, 6.45) is 0. The zero-order valence-corrected chi connectivity index (χ0v) is 11.4. The lowest BCUT2D eigenvalue weighted by Crippen LogP contribution is -2.35. The number of hydrogen-bond donors (Lipinski definition) is 2. The third kappa shape index (κ3) is 4.08. The SMILES string of the molecule is CCN(CC(=O)NC)Cc1nc(C(C)(C)N)no1. The van der Waals surface area contributed by atoms with Gasteiger partial charge in [0.25, 0.3) is 0 Å². The summed E-state index contributed by atoms with van der Waals surface area (Å²) in [7, 11) is 1.61. The van der Waals surface area contributed by atoms with Crippen LogP contribution in [0.3, 0.4) is 0 Å². The lowest BCUT2D eigenvalue weighted by molar-refractivity contribution is -0.121. The fourth-order valence-electron chi connectivity index (χ4n) is 1.33. The van der Waals surface area contributed by atoms with Gasteiger partial charge in [-0.25, -0.2) is 0 Å². The molecule has 7 heteroatoms. The summed E-state index contributed by atoms with van der Waals surface area (Å²) in [4.78, 5) is 17.4. The minimum absolute atomic E-state index is 0.0456. The predicted octanol–water partition coefficient (Wildman–Crippen LogP) is -0.169. The van der Waals surface area contributed by atoms with Crippen LogP contribution in [-0.2, 0) is 16.9 Å². The first-order chi connectivity index (χ1) is 8.36. The zero-order valence-electron chi connectivity index (χ0n) is 11.4. The number of carbonyl (C=O) groups excluding carboxylic acids is 1. The molecule has 0 saturated carbocycles. The van der Waals surface area contributed by atoms with Crippen LogP contribution >= 0.6 is 0 Å². The molecule has 102 valence electrons. The van der Waals surface area contributed by atoms with Crippen LogP contribution < -0.4 is 11.1 Å². The summed E-state index contributed by atoms with van der Waals surface area (Å²) in [5, 5.41) is 6.41. The maximum absolute atomic E-state index is 11.3. The molecule has 0 bridgehead atoms. The lowest BCUT2D eigenvalue weighted by atomic mass is 10.1. The van der Waals surface area contributed by atoms with Crippen molar-refractivity contribution in [2.24, 2.45) is 5.73 Å². The molecule has 1 rings (SSSR count). The van der Waals surface area contributed by atoms with Crippen LogP contribution in [0.2, 0.25) is 0 Å². The monoisotopic (exact) mass is 255 g/mol. The van der Waals surface area contributed by atoms with E-state index < -0.39 is 5.54 Å². The largest absolute Gasteiger partial charge is 0.358 e. The van der Waals surface area contributed by atoms with Crippen LogP contribution in [0, 0.1) is 0 Å². The Morgan fingerprint density at radius 2 is 2.22 bits per heavy atom. The van der Waals surface area contributed by atoms with Gasteiger partial charge in [0, 0.05) is 7.05 Å². The van der Waals surface area contributed by atoms with Crippen molar-refractivity contribution >= 4 is 5.91 Å². The molecule has 1 amide bonds. The van der Waals surface area contributed by atoms with E-state index in [4.69, 9.17) is 10.3 Å². The van der Waals surface area contributed by atoms with Gasteiger partial charge in [-0.1, -0.05) is 12.1 Å². The summed E-state index contributed by atoms with van der Waals surface area (Å²) >= 11 is 0. The van der Waals surface area contributed by atoms with Gasteiger partial charge in [0.15, 0.2) is 5.82 Å². The van der Waals surface area contributed by atoms with Gasteiger partial charge in [-0.15, -0.1) is 0 Å². The van der Waals surface area contributed by atoms with Crippen LogP contribution in [0.4, 0.5) is 0 Å². The highest BCUT2D eigenvalue weighted by Crippen LogP contribution is 2.13. The molecule has 3 N–H and O–H groups in total. The average molecular weight is 255 g/mol. The Hall–Kier alpha value is -1.47. The topological polar surface area (TPSA) is 97.3 Å². The molecule has 0 atom stereocenters. The maximum Gasteiger partial charge on any atom is 0.240 e. The van der Waals surface area contributed by atoms with Gasteiger partial charge < -0.3 is 15.6 Å². The van der Waals surface area contributed by atoms with Gasteiger partial charge in [-0.3, -0.25) is 9.69 Å². The molecule has 1 heterocycles. The normalized spacial score (nSPS) is 11.9. The summed E-state index contributed by atoms with van der Waals surface area (Å²) in [5.74, 6) is 0.888. The van der Waals surface area contributed by atoms with E-state index in [1.807, 2.05) is 25.7 Å². The van der Waals surface area contributed by atoms with Crippen molar-refractivity contribution in [3.05, 3.63) is 11.7 Å².